The maximum atomic E-state index is 13.8. The quantitative estimate of drug-likeness (QED) is 0.626. The second-order valence-electron chi connectivity index (χ2n) is 4.97. The molecule has 0 spiro atoms. The molecule has 0 radical (unpaired) electrons. The van der Waals surface area contributed by atoms with Crippen molar-refractivity contribution in [3.05, 3.63) is 0 Å². The van der Waals surface area contributed by atoms with Crippen molar-refractivity contribution < 1.29 is 31.1 Å². The molecule has 1 aliphatic heterocycles. The predicted molar refractivity (Wildman–Crippen MR) is 57.7 cm³/mol. The van der Waals surface area contributed by atoms with E-state index < -0.39 is 36.4 Å². The molecule has 0 aromatic heterocycles. The molecule has 1 saturated heterocycles. The number of hydrogen-bond acceptors (Lipinski definition) is 1. The molecule has 114 valence electrons. The lowest BCUT2D eigenvalue weighted by Crippen LogP contribution is -2.54. The minimum absolute atomic E-state index is 0.130. The van der Waals surface area contributed by atoms with Gasteiger partial charge in [-0.3, -0.25) is 0 Å². The standard InChI is InChI=1S/C12H18F6O/c1-3-5-7-9(8-6-4-2)10(13,14)11(15,16)12(17,18)19-9/h3-8H2,1-2H3. The fraction of sp³-hybridized carbons (Fsp3) is 1.00. The maximum Gasteiger partial charge on any atom is 0.426 e. The highest BCUT2D eigenvalue weighted by atomic mass is 19.4. The summed E-state index contributed by atoms with van der Waals surface area (Å²) in [6, 6.07) is 0. The van der Waals surface area contributed by atoms with Gasteiger partial charge >= 0.3 is 18.0 Å². The molecule has 0 saturated carbocycles. The fourth-order valence-corrected chi connectivity index (χ4v) is 2.31. The molecule has 1 nitrogen and oxygen atoms in total. The van der Waals surface area contributed by atoms with E-state index >= 15 is 0 Å². The van der Waals surface area contributed by atoms with Gasteiger partial charge in [-0.1, -0.05) is 39.5 Å². The van der Waals surface area contributed by atoms with Gasteiger partial charge in [0.1, 0.15) is 5.60 Å². The zero-order chi connectivity index (χ0) is 14.9. The van der Waals surface area contributed by atoms with Gasteiger partial charge in [0.2, 0.25) is 0 Å². The average Bonchev–Trinajstić information content (AvgIpc) is 2.40. The van der Waals surface area contributed by atoms with Crippen molar-refractivity contribution in [3.8, 4) is 0 Å². The lowest BCUT2D eigenvalue weighted by molar-refractivity contribution is -0.330. The normalized spacial score (nSPS) is 26.5. The number of ether oxygens (including phenoxy) is 1. The molecule has 0 bridgehead atoms. The first kappa shape index (κ1) is 16.6. The van der Waals surface area contributed by atoms with E-state index in [1.807, 2.05) is 0 Å². The van der Waals surface area contributed by atoms with Crippen LogP contribution in [-0.2, 0) is 4.74 Å². The van der Waals surface area contributed by atoms with Crippen LogP contribution in [0.4, 0.5) is 26.3 Å². The molecule has 1 heterocycles. The molecule has 1 rings (SSSR count). The van der Waals surface area contributed by atoms with Crippen LogP contribution in [0.2, 0.25) is 0 Å². The number of rotatable bonds is 6. The van der Waals surface area contributed by atoms with Crippen LogP contribution >= 0.6 is 0 Å². The van der Waals surface area contributed by atoms with E-state index in [1.54, 1.807) is 13.8 Å². The third-order valence-electron chi connectivity index (χ3n) is 3.52. The molecule has 0 N–H and O–H groups in total. The summed E-state index contributed by atoms with van der Waals surface area (Å²) in [5.74, 6) is -10.3. The van der Waals surface area contributed by atoms with E-state index in [0.29, 0.717) is 12.8 Å². The SMILES string of the molecule is CCCCC1(CCCC)OC(F)(F)C(F)(F)C1(F)F. The monoisotopic (exact) mass is 292 g/mol. The molecule has 0 aromatic carbocycles. The van der Waals surface area contributed by atoms with E-state index in [0.717, 1.165) is 0 Å². The Morgan fingerprint density at radius 2 is 1.16 bits per heavy atom. The van der Waals surface area contributed by atoms with Crippen molar-refractivity contribution in [2.75, 3.05) is 0 Å². The number of halogens is 6. The largest absolute Gasteiger partial charge is 0.426 e. The van der Waals surface area contributed by atoms with Crippen molar-refractivity contribution in [3.63, 3.8) is 0 Å². The van der Waals surface area contributed by atoms with Crippen molar-refractivity contribution in [2.24, 2.45) is 0 Å². The topological polar surface area (TPSA) is 9.23 Å². The summed E-state index contributed by atoms with van der Waals surface area (Å²) in [4.78, 5) is 0. The fourth-order valence-electron chi connectivity index (χ4n) is 2.31. The highest BCUT2D eigenvalue weighted by Crippen LogP contribution is 2.62. The van der Waals surface area contributed by atoms with Crippen LogP contribution < -0.4 is 0 Å². The molecule has 0 unspecified atom stereocenters. The summed E-state index contributed by atoms with van der Waals surface area (Å²) >= 11 is 0. The molecular formula is C12H18F6O. The molecule has 0 aliphatic carbocycles. The van der Waals surface area contributed by atoms with Crippen molar-refractivity contribution in [1.82, 2.24) is 0 Å². The van der Waals surface area contributed by atoms with Crippen LogP contribution in [0.15, 0.2) is 0 Å². The van der Waals surface area contributed by atoms with Gasteiger partial charge in [-0.05, 0) is 12.8 Å². The van der Waals surface area contributed by atoms with Crippen LogP contribution in [0.25, 0.3) is 0 Å². The molecule has 19 heavy (non-hydrogen) atoms. The highest BCUT2D eigenvalue weighted by Gasteiger charge is 2.87. The smallest absolute Gasteiger partial charge is 0.302 e. The van der Waals surface area contributed by atoms with Gasteiger partial charge in [0, 0.05) is 0 Å². The lowest BCUT2D eigenvalue weighted by Gasteiger charge is -2.33. The first-order chi connectivity index (χ1) is 8.58. The van der Waals surface area contributed by atoms with Crippen LogP contribution in [0.3, 0.4) is 0 Å². The van der Waals surface area contributed by atoms with E-state index in [4.69, 9.17) is 0 Å². The Morgan fingerprint density at radius 1 is 0.737 bits per heavy atom. The first-order valence-electron chi connectivity index (χ1n) is 6.41. The maximum absolute atomic E-state index is 13.8. The summed E-state index contributed by atoms with van der Waals surface area (Å²) in [5, 5.41) is 0. The van der Waals surface area contributed by atoms with Gasteiger partial charge in [-0.15, -0.1) is 0 Å². The number of unbranched alkanes of at least 4 members (excludes halogenated alkanes) is 2. The Balaban J connectivity index is 3.15. The van der Waals surface area contributed by atoms with Crippen molar-refractivity contribution >= 4 is 0 Å². The minimum Gasteiger partial charge on any atom is -0.302 e. The number of hydrogen-bond donors (Lipinski definition) is 0. The average molecular weight is 292 g/mol. The summed E-state index contributed by atoms with van der Waals surface area (Å²) in [6.07, 6.45) is -4.99. The van der Waals surface area contributed by atoms with Gasteiger partial charge in [-0.25, -0.2) is 0 Å². The highest BCUT2D eigenvalue weighted by molar-refractivity contribution is 5.12. The van der Waals surface area contributed by atoms with Crippen molar-refractivity contribution in [2.45, 2.75) is 75.9 Å². The molecular weight excluding hydrogens is 274 g/mol. The molecule has 7 heteroatoms. The van der Waals surface area contributed by atoms with E-state index in [2.05, 4.69) is 4.74 Å². The zero-order valence-electron chi connectivity index (χ0n) is 10.9. The Morgan fingerprint density at radius 3 is 1.42 bits per heavy atom. The summed E-state index contributed by atoms with van der Waals surface area (Å²) < 4.78 is 84.3. The second kappa shape index (κ2) is 5.14. The molecule has 1 fully saturated rings. The van der Waals surface area contributed by atoms with Crippen LogP contribution in [-0.4, -0.2) is 23.6 Å². The third kappa shape index (κ3) is 2.34. The Kier molecular flexibility index (Phi) is 4.49. The Labute approximate surface area is 108 Å². The van der Waals surface area contributed by atoms with E-state index in [1.165, 1.54) is 0 Å². The van der Waals surface area contributed by atoms with Gasteiger partial charge < -0.3 is 4.74 Å². The molecule has 1 aliphatic rings. The van der Waals surface area contributed by atoms with Gasteiger partial charge in [0.25, 0.3) is 0 Å². The zero-order valence-corrected chi connectivity index (χ0v) is 10.9. The van der Waals surface area contributed by atoms with Crippen molar-refractivity contribution in [1.29, 1.82) is 0 Å². The molecule has 0 aromatic rings. The summed E-state index contributed by atoms with van der Waals surface area (Å²) in [6.45, 7) is 3.33. The Bertz CT molecular complexity index is 307. The van der Waals surface area contributed by atoms with Crippen LogP contribution in [0, 0.1) is 0 Å². The minimum atomic E-state index is -5.47. The molecule has 0 amide bonds. The summed E-state index contributed by atoms with van der Waals surface area (Å²) in [7, 11) is 0. The van der Waals surface area contributed by atoms with E-state index in [9.17, 15) is 26.3 Å². The molecule has 0 atom stereocenters. The van der Waals surface area contributed by atoms with Gasteiger partial charge in [-0.2, -0.15) is 26.3 Å². The van der Waals surface area contributed by atoms with E-state index in [-0.39, 0.29) is 12.8 Å². The number of alkyl halides is 6. The lowest BCUT2D eigenvalue weighted by atomic mass is 9.84. The van der Waals surface area contributed by atoms with Gasteiger partial charge in [0.05, 0.1) is 0 Å². The first-order valence-corrected chi connectivity index (χ1v) is 6.41. The Hall–Kier alpha value is -0.460. The van der Waals surface area contributed by atoms with Gasteiger partial charge in [0.15, 0.2) is 0 Å². The third-order valence-corrected chi connectivity index (χ3v) is 3.52. The summed E-state index contributed by atoms with van der Waals surface area (Å²) in [5.41, 5.74) is -2.77. The second-order valence-corrected chi connectivity index (χ2v) is 4.97. The van der Waals surface area contributed by atoms with Crippen LogP contribution in [0.5, 0.6) is 0 Å². The van der Waals surface area contributed by atoms with Crippen LogP contribution in [0.1, 0.15) is 52.4 Å². The predicted octanol–water partition coefficient (Wildman–Crippen LogP) is 5.00.